The Morgan fingerprint density at radius 1 is 1.25 bits per heavy atom. The first-order valence-corrected chi connectivity index (χ1v) is 12.4. The number of sulfonamides is 1. The molecule has 0 bridgehead atoms. The number of aromatic nitrogens is 2. The van der Waals surface area contributed by atoms with Crippen molar-refractivity contribution < 1.29 is 17.2 Å². The van der Waals surface area contributed by atoms with E-state index in [4.69, 9.17) is 11.6 Å². The molecule has 0 saturated heterocycles. The average molecular weight is 482 g/mol. The van der Waals surface area contributed by atoms with E-state index in [0.29, 0.717) is 35.5 Å². The number of halogens is 3. The number of hydrogen-bond donors (Lipinski definition) is 1. The zero-order valence-corrected chi connectivity index (χ0v) is 19.7. The highest BCUT2D eigenvalue weighted by molar-refractivity contribution is 7.90. The fraction of sp³-hybridized carbons (Fsp3) is 0.435. The second-order valence-corrected chi connectivity index (χ2v) is 11.9. The molecule has 1 aliphatic carbocycles. The highest BCUT2D eigenvalue weighted by Gasteiger charge is 2.40. The fourth-order valence-electron chi connectivity index (χ4n) is 3.86. The molecular formula is C23H26ClF2N3O2S. The summed E-state index contributed by atoms with van der Waals surface area (Å²) in [6, 6.07) is 7.26. The Hall–Kier alpha value is -2.03. The van der Waals surface area contributed by atoms with E-state index in [1.54, 1.807) is 36.7 Å². The molecule has 1 saturated carbocycles. The molecule has 2 heterocycles. The second-order valence-electron chi connectivity index (χ2n) is 9.51. The van der Waals surface area contributed by atoms with Crippen molar-refractivity contribution in [1.82, 2.24) is 14.3 Å². The lowest BCUT2D eigenvalue weighted by Gasteiger charge is -2.20. The third-order valence-electron chi connectivity index (χ3n) is 5.43. The number of alkyl halides is 2. The van der Waals surface area contributed by atoms with Crippen molar-refractivity contribution in [2.75, 3.05) is 0 Å². The minimum absolute atomic E-state index is 0.129. The summed E-state index contributed by atoms with van der Waals surface area (Å²) in [5, 5.41) is 0.488. The third kappa shape index (κ3) is 4.82. The van der Waals surface area contributed by atoms with Gasteiger partial charge < -0.3 is 4.57 Å². The predicted octanol–water partition coefficient (Wildman–Crippen LogP) is 5.79. The van der Waals surface area contributed by atoms with Gasteiger partial charge in [-0.2, -0.15) is 0 Å². The molecule has 0 unspecified atom stereocenters. The van der Waals surface area contributed by atoms with Gasteiger partial charge >= 0.3 is 0 Å². The quantitative estimate of drug-likeness (QED) is 0.464. The standard InChI is InChI=1S/C23H26ClF2N3O2S/c1-23(2,3)13-29-12-17(21(22(25)26)28-32(30,31)15-7-8-15)16-9-6-14(11-19(16)29)20-18(24)5-4-10-27-20/h4-6,9-12,15,21-22,28H,7-8,13H2,1-3H3/t21-/m0/s1. The van der Waals surface area contributed by atoms with Crippen molar-refractivity contribution in [1.29, 1.82) is 0 Å². The maximum Gasteiger partial charge on any atom is 0.258 e. The van der Waals surface area contributed by atoms with Crippen LogP contribution in [0.4, 0.5) is 8.78 Å². The molecule has 32 heavy (non-hydrogen) atoms. The van der Waals surface area contributed by atoms with Crippen LogP contribution in [0.2, 0.25) is 5.02 Å². The summed E-state index contributed by atoms with van der Waals surface area (Å²) in [6.45, 7) is 6.73. The van der Waals surface area contributed by atoms with E-state index in [2.05, 4.69) is 30.5 Å². The number of fused-ring (bicyclic) bond motifs is 1. The lowest BCUT2D eigenvalue weighted by molar-refractivity contribution is 0.109. The smallest absolute Gasteiger partial charge is 0.258 e. The number of benzene rings is 1. The molecule has 1 aliphatic rings. The summed E-state index contributed by atoms with van der Waals surface area (Å²) in [5.74, 6) is 0. The van der Waals surface area contributed by atoms with Gasteiger partial charge in [0.05, 0.1) is 16.0 Å². The van der Waals surface area contributed by atoms with Crippen molar-refractivity contribution in [2.45, 2.75) is 57.9 Å². The molecule has 0 aliphatic heterocycles. The second kappa shape index (κ2) is 8.39. The summed E-state index contributed by atoms with van der Waals surface area (Å²) in [4.78, 5) is 4.35. The molecule has 5 nitrogen and oxygen atoms in total. The summed E-state index contributed by atoms with van der Waals surface area (Å²) >= 11 is 6.32. The van der Waals surface area contributed by atoms with E-state index in [9.17, 15) is 17.2 Å². The lowest BCUT2D eigenvalue weighted by atomic mass is 9.97. The van der Waals surface area contributed by atoms with E-state index >= 15 is 0 Å². The summed E-state index contributed by atoms with van der Waals surface area (Å²) in [5.41, 5.74) is 2.22. The van der Waals surface area contributed by atoms with Crippen LogP contribution in [0, 0.1) is 5.41 Å². The summed E-state index contributed by atoms with van der Waals surface area (Å²) < 4.78 is 57.3. The fourth-order valence-corrected chi connectivity index (χ4v) is 5.62. The van der Waals surface area contributed by atoms with Crippen LogP contribution in [-0.4, -0.2) is 29.6 Å². The average Bonchev–Trinajstić information content (AvgIpc) is 3.50. The van der Waals surface area contributed by atoms with Gasteiger partial charge in [0.1, 0.15) is 6.04 Å². The summed E-state index contributed by atoms with van der Waals surface area (Å²) in [7, 11) is -3.80. The Kier molecular flexibility index (Phi) is 6.07. The SMILES string of the molecule is CC(C)(C)Cn1cc([C@H](NS(=O)(=O)C2CC2)C(F)F)c2ccc(-c3ncccc3Cl)cc21. The molecule has 9 heteroatoms. The molecule has 1 atom stereocenters. The zero-order valence-electron chi connectivity index (χ0n) is 18.1. The van der Waals surface area contributed by atoms with Crippen LogP contribution in [0.3, 0.4) is 0 Å². The Bertz CT molecular complexity index is 1250. The van der Waals surface area contributed by atoms with Crippen molar-refractivity contribution >= 4 is 32.5 Å². The van der Waals surface area contributed by atoms with Crippen LogP contribution in [-0.2, 0) is 16.6 Å². The molecule has 2 aromatic heterocycles. The normalized spacial score (nSPS) is 16.1. The molecule has 1 N–H and O–H groups in total. The predicted molar refractivity (Wildman–Crippen MR) is 123 cm³/mol. The Balaban J connectivity index is 1.86. The van der Waals surface area contributed by atoms with Crippen LogP contribution < -0.4 is 4.72 Å². The number of pyridine rings is 1. The minimum Gasteiger partial charge on any atom is -0.347 e. The molecule has 0 spiro atoms. The van der Waals surface area contributed by atoms with E-state index in [1.165, 1.54) is 0 Å². The Morgan fingerprint density at radius 2 is 1.97 bits per heavy atom. The first kappa shape index (κ1) is 23.1. The highest BCUT2D eigenvalue weighted by Crippen LogP contribution is 2.37. The maximum absolute atomic E-state index is 14.1. The Labute approximate surface area is 191 Å². The van der Waals surface area contributed by atoms with Gasteiger partial charge in [-0.25, -0.2) is 21.9 Å². The highest BCUT2D eigenvalue weighted by atomic mass is 35.5. The first-order chi connectivity index (χ1) is 15.0. The first-order valence-electron chi connectivity index (χ1n) is 10.5. The zero-order chi connectivity index (χ0) is 23.3. The molecule has 1 aromatic carbocycles. The number of nitrogens with one attached hydrogen (secondary N) is 1. The lowest BCUT2D eigenvalue weighted by Crippen LogP contribution is -2.35. The van der Waals surface area contributed by atoms with Gasteiger partial charge in [-0.1, -0.05) is 44.5 Å². The van der Waals surface area contributed by atoms with Crippen molar-refractivity contribution in [3.63, 3.8) is 0 Å². The molecular weight excluding hydrogens is 456 g/mol. The monoisotopic (exact) mass is 481 g/mol. The van der Waals surface area contributed by atoms with Gasteiger partial charge in [-0.15, -0.1) is 0 Å². The van der Waals surface area contributed by atoms with E-state index in [-0.39, 0.29) is 11.0 Å². The number of rotatable bonds is 7. The van der Waals surface area contributed by atoms with Gasteiger partial charge in [-0.05, 0) is 36.5 Å². The maximum atomic E-state index is 14.1. The molecule has 0 radical (unpaired) electrons. The molecule has 0 amide bonds. The van der Waals surface area contributed by atoms with Crippen molar-refractivity contribution in [2.24, 2.45) is 5.41 Å². The van der Waals surface area contributed by atoms with Crippen LogP contribution in [0.5, 0.6) is 0 Å². The van der Waals surface area contributed by atoms with Crippen LogP contribution >= 0.6 is 11.6 Å². The minimum atomic E-state index is -3.80. The Morgan fingerprint density at radius 3 is 2.56 bits per heavy atom. The number of nitrogens with zero attached hydrogens (tertiary/aromatic N) is 2. The van der Waals surface area contributed by atoms with Crippen LogP contribution in [0.25, 0.3) is 22.2 Å². The topological polar surface area (TPSA) is 64.0 Å². The third-order valence-corrected chi connectivity index (χ3v) is 7.67. The van der Waals surface area contributed by atoms with Gasteiger partial charge in [0, 0.05) is 41.0 Å². The van der Waals surface area contributed by atoms with Crippen LogP contribution in [0.1, 0.15) is 45.2 Å². The van der Waals surface area contributed by atoms with Crippen molar-refractivity contribution in [3.05, 3.63) is 53.3 Å². The van der Waals surface area contributed by atoms with Gasteiger partial charge in [0.15, 0.2) is 0 Å². The van der Waals surface area contributed by atoms with Gasteiger partial charge in [-0.3, -0.25) is 4.98 Å². The number of hydrogen-bond acceptors (Lipinski definition) is 3. The van der Waals surface area contributed by atoms with E-state index in [0.717, 1.165) is 11.1 Å². The van der Waals surface area contributed by atoms with Crippen LogP contribution in [0.15, 0.2) is 42.7 Å². The molecule has 1 fully saturated rings. The van der Waals surface area contributed by atoms with Gasteiger partial charge in [0.25, 0.3) is 6.43 Å². The van der Waals surface area contributed by atoms with E-state index < -0.39 is 27.7 Å². The van der Waals surface area contributed by atoms with Gasteiger partial charge in [0.2, 0.25) is 10.0 Å². The van der Waals surface area contributed by atoms with E-state index in [1.807, 2.05) is 10.6 Å². The van der Waals surface area contributed by atoms with Crippen molar-refractivity contribution in [3.8, 4) is 11.3 Å². The largest absolute Gasteiger partial charge is 0.347 e. The molecule has 3 aromatic rings. The summed E-state index contributed by atoms with van der Waals surface area (Å²) in [6.07, 6.45) is 1.41. The molecule has 172 valence electrons. The molecule has 4 rings (SSSR count).